The quantitative estimate of drug-likeness (QED) is 0.847. The summed E-state index contributed by atoms with van der Waals surface area (Å²) in [6.45, 7) is 3.53. The molecule has 1 amide bonds. The van der Waals surface area contributed by atoms with E-state index in [2.05, 4.69) is 42.2 Å². The molecule has 0 aliphatic carbocycles. The highest BCUT2D eigenvalue weighted by Gasteiger charge is 2.22. The summed E-state index contributed by atoms with van der Waals surface area (Å²) in [7, 11) is 0. The van der Waals surface area contributed by atoms with Gasteiger partial charge in [-0.1, -0.05) is 0 Å². The van der Waals surface area contributed by atoms with Crippen LogP contribution in [-0.2, 0) is 0 Å². The van der Waals surface area contributed by atoms with E-state index in [0.29, 0.717) is 11.3 Å². The number of anilines is 1. The number of nitrogens with zero attached hydrogens (tertiary/aromatic N) is 3. The number of halogens is 1. The first kappa shape index (κ1) is 16.5. The number of pyridine rings is 1. The van der Waals surface area contributed by atoms with Crippen LogP contribution in [-0.4, -0.2) is 35.0 Å². The number of carbonyl (C=O) groups excluding carboxylic acids is 1. The van der Waals surface area contributed by atoms with Crippen LogP contribution in [0.4, 0.5) is 5.82 Å². The third kappa shape index (κ3) is 3.60. The summed E-state index contributed by atoms with van der Waals surface area (Å²) in [6.07, 6.45) is 3.36. The number of aromatic nitrogens is 2. The standard InChI is InChI=1S/C17H18BrN5O/c1-11-14(18)9-15(21-11)17(24)22-13-3-6-23(7-4-13)16-8-12(10-19)2-5-20-16/h2,5,8-9,13,21H,3-4,6-7H2,1H3,(H,22,24). The highest BCUT2D eigenvalue weighted by atomic mass is 79.9. The van der Waals surface area contributed by atoms with Crippen LogP contribution in [0.15, 0.2) is 28.9 Å². The normalized spacial score (nSPS) is 15.1. The Morgan fingerprint density at radius 1 is 1.46 bits per heavy atom. The molecule has 24 heavy (non-hydrogen) atoms. The first-order valence-corrected chi connectivity index (χ1v) is 8.63. The predicted octanol–water partition coefficient (Wildman–Crippen LogP) is 2.75. The minimum atomic E-state index is -0.0770. The van der Waals surface area contributed by atoms with E-state index in [1.807, 2.05) is 6.92 Å². The number of aromatic amines is 1. The summed E-state index contributed by atoms with van der Waals surface area (Å²) in [6, 6.07) is 7.59. The number of hydrogen-bond donors (Lipinski definition) is 2. The molecule has 1 fully saturated rings. The number of rotatable bonds is 3. The molecule has 124 valence electrons. The van der Waals surface area contributed by atoms with Crippen molar-refractivity contribution < 1.29 is 4.79 Å². The smallest absolute Gasteiger partial charge is 0.267 e. The number of H-pyrrole nitrogens is 1. The van der Waals surface area contributed by atoms with E-state index in [1.54, 1.807) is 24.4 Å². The Morgan fingerprint density at radius 3 is 2.83 bits per heavy atom. The van der Waals surface area contributed by atoms with Crippen LogP contribution in [0, 0.1) is 18.3 Å². The van der Waals surface area contributed by atoms with Gasteiger partial charge in [0.05, 0.1) is 11.6 Å². The topological polar surface area (TPSA) is 84.8 Å². The third-order valence-corrected chi connectivity index (χ3v) is 5.05. The van der Waals surface area contributed by atoms with Crippen molar-refractivity contribution in [2.45, 2.75) is 25.8 Å². The highest BCUT2D eigenvalue weighted by Crippen LogP contribution is 2.20. The first-order chi connectivity index (χ1) is 11.6. The van der Waals surface area contributed by atoms with Gasteiger partial charge in [-0.15, -0.1) is 0 Å². The third-order valence-electron chi connectivity index (χ3n) is 4.22. The van der Waals surface area contributed by atoms with Gasteiger partial charge in [0.15, 0.2) is 0 Å². The van der Waals surface area contributed by atoms with Gasteiger partial charge in [0.2, 0.25) is 0 Å². The van der Waals surface area contributed by atoms with Crippen molar-refractivity contribution in [3.8, 4) is 6.07 Å². The largest absolute Gasteiger partial charge is 0.356 e. The molecule has 0 unspecified atom stereocenters. The fraction of sp³-hybridized carbons (Fsp3) is 0.353. The van der Waals surface area contributed by atoms with E-state index >= 15 is 0 Å². The molecule has 0 atom stereocenters. The lowest BCUT2D eigenvalue weighted by atomic mass is 10.0. The molecule has 1 aliphatic rings. The number of aryl methyl sites for hydroxylation is 1. The summed E-state index contributed by atoms with van der Waals surface area (Å²) in [4.78, 5) is 21.8. The van der Waals surface area contributed by atoms with Crippen LogP contribution in [0.2, 0.25) is 0 Å². The molecular formula is C17H18BrN5O. The number of nitriles is 1. The Bertz CT molecular complexity index is 767. The average molecular weight is 388 g/mol. The summed E-state index contributed by atoms with van der Waals surface area (Å²) in [5, 5.41) is 12.1. The zero-order chi connectivity index (χ0) is 17.1. The lowest BCUT2D eigenvalue weighted by Gasteiger charge is -2.33. The molecule has 2 aromatic rings. The number of piperidine rings is 1. The average Bonchev–Trinajstić information content (AvgIpc) is 2.95. The van der Waals surface area contributed by atoms with Crippen LogP contribution in [0.1, 0.15) is 34.6 Å². The minimum absolute atomic E-state index is 0.0770. The van der Waals surface area contributed by atoms with E-state index in [9.17, 15) is 4.79 Å². The molecule has 6 nitrogen and oxygen atoms in total. The molecule has 1 saturated heterocycles. The fourth-order valence-electron chi connectivity index (χ4n) is 2.83. The van der Waals surface area contributed by atoms with Crippen molar-refractivity contribution in [2.24, 2.45) is 0 Å². The Hall–Kier alpha value is -2.33. The van der Waals surface area contributed by atoms with Gasteiger partial charge in [-0.05, 0) is 53.9 Å². The molecule has 0 bridgehead atoms. The number of hydrogen-bond acceptors (Lipinski definition) is 4. The first-order valence-electron chi connectivity index (χ1n) is 7.84. The van der Waals surface area contributed by atoms with E-state index < -0.39 is 0 Å². The van der Waals surface area contributed by atoms with Crippen LogP contribution >= 0.6 is 15.9 Å². The monoisotopic (exact) mass is 387 g/mol. The zero-order valence-corrected chi connectivity index (χ0v) is 14.9. The summed E-state index contributed by atoms with van der Waals surface area (Å²) < 4.78 is 0.908. The van der Waals surface area contributed by atoms with Gasteiger partial charge in [-0.3, -0.25) is 4.79 Å². The maximum absolute atomic E-state index is 12.3. The molecular weight excluding hydrogens is 370 g/mol. The summed E-state index contributed by atoms with van der Waals surface area (Å²) in [5.74, 6) is 0.745. The summed E-state index contributed by atoms with van der Waals surface area (Å²) >= 11 is 3.41. The molecule has 2 aromatic heterocycles. The van der Waals surface area contributed by atoms with Crippen molar-refractivity contribution in [1.82, 2.24) is 15.3 Å². The number of carbonyl (C=O) groups is 1. The highest BCUT2D eigenvalue weighted by molar-refractivity contribution is 9.10. The lowest BCUT2D eigenvalue weighted by Crippen LogP contribution is -2.45. The van der Waals surface area contributed by atoms with Gasteiger partial charge in [-0.25, -0.2) is 4.98 Å². The second kappa shape index (κ2) is 7.05. The van der Waals surface area contributed by atoms with Gasteiger partial charge in [0, 0.05) is 35.5 Å². The molecule has 0 spiro atoms. The van der Waals surface area contributed by atoms with E-state index in [0.717, 1.165) is 41.9 Å². The second-order valence-corrected chi connectivity index (χ2v) is 6.76. The zero-order valence-electron chi connectivity index (χ0n) is 13.3. The van der Waals surface area contributed by atoms with Gasteiger partial charge in [0.25, 0.3) is 5.91 Å². The van der Waals surface area contributed by atoms with Crippen LogP contribution in [0.5, 0.6) is 0 Å². The molecule has 0 saturated carbocycles. The van der Waals surface area contributed by atoms with Gasteiger partial charge >= 0.3 is 0 Å². The van der Waals surface area contributed by atoms with E-state index in [-0.39, 0.29) is 11.9 Å². The van der Waals surface area contributed by atoms with Crippen molar-refractivity contribution in [3.05, 3.63) is 45.8 Å². The van der Waals surface area contributed by atoms with Gasteiger partial charge in [-0.2, -0.15) is 5.26 Å². The Balaban J connectivity index is 1.57. The lowest BCUT2D eigenvalue weighted by molar-refractivity contribution is 0.0926. The van der Waals surface area contributed by atoms with Crippen LogP contribution in [0.3, 0.4) is 0 Å². The Labute approximate surface area is 149 Å². The number of nitrogens with one attached hydrogen (secondary N) is 2. The maximum Gasteiger partial charge on any atom is 0.267 e. The Kier molecular flexibility index (Phi) is 4.86. The molecule has 7 heteroatoms. The van der Waals surface area contributed by atoms with Crippen molar-refractivity contribution in [1.29, 1.82) is 5.26 Å². The molecule has 0 aromatic carbocycles. The number of amides is 1. The predicted molar refractivity (Wildman–Crippen MR) is 94.9 cm³/mol. The Morgan fingerprint density at radius 2 is 2.21 bits per heavy atom. The van der Waals surface area contributed by atoms with Gasteiger partial charge < -0.3 is 15.2 Å². The van der Waals surface area contributed by atoms with Crippen molar-refractivity contribution in [2.75, 3.05) is 18.0 Å². The maximum atomic E-state index is 12.3. The van der Waals surface area contributed by atoms with E-state index in [1.165, 1.54) is 0 Å². The minimum Gasteiger partial charge on any atom is -0.356 e. The summed E-state index contributed by atoms with van der Waals surface area (Å²) in [5.41, 5.74) is 2.13. The fourth-order valence-corrected chi connectivity index (χ4v) is 3.16. The van der Waals surface area contributed by atoms with Gasteiger partial charge in [0.1, 0.15) is 11.5 Å². The van der Waals surface area contributed by atoms with Crippen LogP contribution in [0.25, 0.3) is 0 Å². The van der Waals surface area contributed by atoms with E-state index in [4.69, 9.17) is 5.26 Å². The van der Waals surface area contributed by atoms with Crippen molar-refractivity contribution in [3.63, 3.8) is 0 Å². The molecule has 3 heterocycles. The molecule has 3 rings (SSSR count). The molecule has 1 aliphatic heterocycles. The molecule has 2 N–H and O–H groups in total. The second-order valence-electron chi connectivity index (χ2n) is 5.91. The van der Waals surface area contributed by atoms with Crippen LogP contribution < -0.4 is 10.2 Å². The SMILES string of the molecule is Cc1[nH]c(C(=O)NC2CCN(c3cc(C#N)ccn3)CC2)cc1Br. The van der Waals surface area contributed by atoms with Crippen molar-refractivity contribution >= 4 is 27.7 Å². The molecule has 0 radical (unpaired) electrons.